The van der Waals surface area contributed by atoms with Crippen molar-refractivity contribution in [2.24, 2.45) is 11.3 Å². The van der Waals surface area contributed by atoms with E-state index in [1.807, 2.05) is 27.7 Å². The van der Waals surface area contributed by atoms with E-state index in [0.717, 1.165) is 5.57 Å². The third-order valence-electron chi connectivity index (χ3n) is 8.08. The first-order valence-corrected chi connectivity index (χ1v) is 12.4. The largest absolute Gasteiger partial charge is 0.394 e. The molecule has 208 valence electrons. The quantitative estimate of drug-likeness (QED) is 0.376. The second kappa shape index (κ2) is 11.7. The van der Waals surface area contributed by atoms with E-state index in [-0.39, 0.29) is 31.8 Å². The zero-order chi connectivity index (χ0) is 26.8. The maximum atomic E-state index is 13.3. The molecule has 1 unspecified atom stereocenters. The van der Waals surface area contributed by atoms with Gasteiger partial charge >= 0.3 is 0 Å². The lowest BCUT2D eigenvalue weighted by atomic mass is 9.72. The lowest BCUT2D eigenvalue weighted by Gasteiger charge is -2.54. The van der Waals surface area contributed by atoms with Gasteiger partial charge in [-0.3, -0.25) is 4.79 Å². The summed E-state index contributed by atoms with van der Waals surface area (Å²) in [4.78, 5) is 13.3. The Morgan fingerprint density at radius 1 is 1.22 bits per heavy atom. The minimum Gasteiger partial charge on any atom is -0.394 e. The van der Waals surface area contributed by atoms with E-state index in [4.69, 9.17) is 33.2 Å². The van der Waals surface area contributed by atoms with Crippen molar-refractivity contribution >= 4 is 5.91 Å². The van der Waals surface area contributed by atoms with Crippen molar-refractivity contribution in [1.82, 2.24) is 5.32 Å². The van der Waals surface area contributed by atoms with E-state index in [1.54, 1.807) is 7.11 Å². The molecule has 3 rings (SSSR count). The molecule has 3 aliphatic heterocycles. The Hall–Kier alpha value is -1.15. The van der Waals surface area contributed by atoms with E-state index in [0.29, 0.717) is 6.42 Å². The van der Waals surface area contributed by atoms with Crippen LogP contribution in [0.25, 0.3) is 0 Å². The molecule has 0 saturated carbocycles. The van der Waals surface area contributed by atoms with Crippen LogP contribution in [-0.4, -0.2) is 106 Å². The van der Waals surface area contributed by atoms with Crippen LogP contribution in [0, 0.1) is 11.3 Å². The molecule has 0 aromatic heterocycles. The number of ether oxygens (including phenoxy) is 7. The standard InChI is InChI=1S/C25H43NO10/c1-13-10-25(32-8,36-15(3)14(13)2)20(28)22(29)26-23-19-18(33-12-34-23)21(31-7)24(4,5)17(35-19)9-16(11-27)30-6/h14-21,23,27-28H,1,9-12H2,2-8H3,(H,26,29)/t14-,15-,16+,17-,18+,19?,20+,21-,23+,25-/m1/s1. The number of carbonyl (C=O) groups excluding carboxylic acids is 1. The van der Waals surface area contributed by atoms with Gasteiger partial charge in [-0.25, -0.2) is 0 Å². The predicted octanol–water partition coefficient (Wildman–Crippen LogP) is 0.712. The van der Waals surface area contributed by atoms with Crippen molar-refractivity contribution < 1.29 is 48.2 Å². The molecule has 3 fully saturated rings. The van der Waals surface area contributed by atoms with Crippen LogP contribution in [0.4, 0.5) is 0 Å². The summed E-state index contributed by atoms with van der Waals surface area (Å²) in [6.45, 7) is 11.6. The number of aliphatic hydroxyl groups excluding tert-OH is 2. The van der Waals surface area contributed by atoms with Gasteiger partial charge in [0, 0.05) is 45.5 Å². The molecule has 0 bridgehead atoms. The minimum absolute atomic E-state index is 0.0554. The molecule has 11 heteroatoms. The van der Waals surface area contributed by atoms with Gasteiger partial charge in [0.25, 0.3) is 5.91 Å². The SMILES string of the molecule is C=C1C[C@](OC)([C@@H](O)C(=O)N[C@H]2OCO[C@H]3C2O[C@H](C[C@@H](CO)OC)C(C)(C)[C@@H]3OC)O[C@H](C)[C@@H]1C. The molecule has 0 aromatic rings. The summed E-state index contributed by atoms with van der Waals surface area (Å²) in [6, 6.07) is 0. The zero-order valence-corrected chi connectivity index (χ0v) is 22.4. The Morgan fingerprint density at radius 2 is 1.92 bits per heavy atom. The van der Waals surface area contributed by atoms with E-state index >= 15 is 0 Å². The van der Waals surface area contributed by atoms with E-state index < -0.39 is 60.0 Å². The van der Waals surface area contributed by atoms with Gasteiger partial charge in [0.1, 0.15) is 19.0 Å². The smallest absolute Gasteiger partial charge is 0.256 e. The highest BCUT2D eigenvalue weighted by atomic mass is 16.7. The van der Waals surface area contributed by atoms with Gasteiger partial charge in [-0.05, 0) is 6.92 Å². The summed E-state index contributed by atoms with van der Waals surface area (Å²) in [7, 11) is 4.51. The Labute approximate surface area is 213 Å². The highest BCUT2D eigenvalue weighted by Crippen LogP contribution is 2.44. The van der Waals surface area contributed by atoms with Crippen molar-refractivity contribution in [2.75, 3.05) is 34.7 Å². The first-order chi connectivity index (χ1) is 16.9. The number of methoxy groups -OCH3 is 3. The van der Waals surface area contributed by atoms with Crippen molar-refractivity contribution in [3.05, 3.63) is 12.2 Å². The zero-order valence-electron chi connectivity index (χ0n) is 22.4. The summed E-state index contributed by atoms with van der Waals surface area (Å²) < 4.78 is 40.7. The molecule has 10 atom stereocenters. The number of hydrogen-bond donors (Lipinski definition) is 3. The van der Waals surface area contributed by atoms with E-state index in [9.17, 15) is 15.0 Å². The molecule has 1 amide bonds. The van der Waals surface area contributed by atoms with Crippen LogP contribution in [0.3, 0.4) is 0 Å². The van der Waals surface area contributed by atoms with Crippen LogP contribution in [0.5, 0.6) is 0 Å². The van der Waals surface area contributed by atoms with Gasteiger partial charge in [0.2, 0.25) is 5.79 Å². The molecule has 3 saturated heterocycles. The van der Waals surface area contributed by atoms with Gasteiger partial charge in [-0.15, -0.1) is 0 Å². The van der Waals surface area contributed by atoms with Gasteiger partial charge < -0.3 is 48.7 Å². The number of fused-ring (bicyclic) bond motifs is 1. The first-order valence-electron chi connectivity index (χ1n) is 12.4. The molecule has 11 nitrogen and oxygen atoms in total. The topological polar surface area (TPSA) is 134 Å². The van der Waals surface area contributed by atoms with Crippen LogP contribution >= 0.6 is 0 Å². The first kappa shape index (κ1) is 29.4. The summed E-state index contributed by atoms with van der Waals surface area (Å²) in [5, 5.41) is 23.5. The molecular weight excluding hydrogens is 474 g/mol. The van der Waals surface area contributed by atoms with Gasteiger partial charge in [0.05, 0.1) is 31.0 Å². The van der Waals surface area contributed by atoms with Gasteiger partial charge in [0.15, 0.2) is 12.3 Å². The molecule has 0 radical (unpaired) electrons. The molecule has 0 aliphatic carbocycles. The Morgan fingerprint density at radius 3 is 2.47 bits per heavy atom. The maximum Gasteiger partial charge on any atom is 0.256 e. The fourth-order valence-electron chi connectivity index (χ4n) is 5.42. The van der Waals surface area contributed by atoms with E-state index in [2.05, 4.69) is 11.9 Å². The number of amides is 1. The molecule has 36 heavy (non-hydrogen) atoms. The van der Waals surface area contributed by atoms with Crippen LogP contribution in [-0.2, 0) is 38.0 Å². The summed E-state index contributed by atoms with van der Waals surface area (Å²) in [5.41, 5.74) is 0.321. The highest BCUT2D eigenvalue weighted by molar-refractivity contribution is 5.82. The fraction of sp³-hybridized carbons (Fsp3) is 0.880. The third kappa shape index (κ3) is 5.50. The Kier molecular flexibility index (Phi) is 9.57. The Bertz CT molecular complexity index is 774. The third-order valence-corrected chi connectivity index (χ3v) is 8.08. The number of nitrogens with one attached hydrogen (secondary N) is 1. The lowest BCUT2D eigenvalue weighted by Crippen LogP contribution is -2.69. The van der Waals surface area contributed by atoms with Crippen LogP contribution < -0.4 is 5.32 Å². The second-order valence-corrected chi connectivity index (χ2v) is 10.6. The lowest BCUT2D eigenvalue weighted by molar-refractivity contribution is -0.333. The number of carbonyl (C=O) groups is 1. The van der Waals surface area contributed by atoms with Crippen molar-refractivity contribution in [3.63, 3.8) is 0 Å². The van der Waals surface area contributed by atoms with Gasteiger partial charge in [-0.2, -0.15) is 0 Å². The average Bonchev–Trinajstić information content (AvgIpc) is 2.85. The fourth-order valence-corrected chi connectivity index (χ4v) is 5.42. The highest BCUT2D eigenvalue weighted by Gasteiger charge is 2.57. The number of rotatable bonds is 9. The van der Waals surface area contributed by atoms with Crippen LogP contribution in [0.1, 0.15) is 40.5 Å². The summed E-state index contributed by atoms with van der Waals surface area (Å²) in [6.07, 6.45) is -4.86. The minimum atomic E-state index is -1.65. The second-order valence-electron chi connectivity index (χ2n) is 10.6. The molecule has 3 N–H and O–H groups in total. The summed E-state index contributed by atoms with van der Waals surface area (Å²) >= 11 is 0. The van der Waals surface area contributed by atoms with Crippen LogP contribution in [0.2, 0.25) is 0 Å². The summed E-state index contributed by atoms with van der Waals surface area (Å²) in [5.74, 6) is -2.25. The molecule has 0 spiro atoms. The number of hydrogen-bond acceptors (Lipinski definition) is 10. The monoisotopic (exact) mass is 517 g/mol. The predicted molar refractivity (Wildman–Crippen MR) is 128 cm³/mol. The van der Waals surface area contributed by atoms with Crippen LogP contribution in [0.15, 0.2) is 12.2 Å². The van der Waals surface area contributed by atoms with Crippen molar-refractivity contribution in [1.29, 1.82) is 0 Å². The molecule has 3 heterocycles. The molecule has 0 aromatic carbocycles. The van der Waals surface area contributed by atoms with Gasteiger partial charge in [-0.1, -0.05) is 32.9 Å². The molecule has 3 aliphatic rings. The molecular formula is C25H43NO10. The average molecular weight is 518 g/mol. The van der Waals surface area contributed by atoms with E-state index in [1.165, 1.54) is 14.2 Å². The van der Waals surface area contributed by atoms with Crippen molar-refractivity contribution in [3.8, 4) is 0 Å². The maximum absolute atomic E-state index is 13.3. The normalized spacial score (nSPS) is 40.2. The number of aliphatic hydroxyl groups is 2. The van der Waals surface area contributed by atoms with Crippen molar-refractivity contribution in [2.45, 2.75) is 95.3 Å². The Balaban J connectivity index is 1.80.